The molecule has 0 aliphatic carbocycles. The molecule has 4 nitrogen and oxygen atoms in total. The number of nitrogens with one attached hydrogen (secondary N) is 1. The number of hydrogen-bond acceptors (Lipinski definition) is 4. The van der Waals surface area contributed by atoms with Crippen LogP contribution in [0, 0.1) is 11.3 Å². The summed E-state index contributed by atoms with van der Waals surface area (Å²) < 4.78 is 0. The number of rotatable bonds is 4. The van der Waals surface area contributed by atoms with Crippen molar-refractivity contribution in [3.05, 3.63) is 29.3 Å². The molecule has 1 rings (SSSR count). The maximum atomic E-state index is 11.2. The maximum Gasteiger partial charge on any atom is 0.159 e. The number of aliphatic hydroxyl groups is 1. The van der Waals surface area contributed by atoms with Gasteiger partial charge in [-0.3, -0.25) is 4.79 Å². The van der Waals surface area contributed by atoms with Crippen molar-refractivity contribution < 1.29 is 9.90 Å². The van der Waals surface area contributed by atoms with Gasteiger partial charge in [0.05, 0.1) is 17.9 Å². The summed E-state index contributed by atoms with van der Waals surface area (Å²) in [6.07, 6.45) is 0. The highest BCUT2D eigenvalue weighted by atomic mass is 16.3. The number of hydrogen-bond donors (Lipinski definition) is 2. The number of benzene rings is 1. The summed E-state index contributed by atoms with van der Waals surface area (Å²) in [6, 6.07) is 6.73. The van der Waals surface area contributed by atoms with Crippen molar-refractivity contribution in [3.63, 3.8) is 0 Å². The zero-order valence-corrected chi connectivity index (χ0v) is 9.32. The number of ketones is 1. The van der Waals surface area contributed by atoms with E-state index < -0.39 is 0 Å². The Balaban J connectivity index is 3.08. The number of carbonyl (C=O) groups is 1. The van der Waals surface area contributed by atoms with Crippen molar-refractivity contribution >= 4 is 11.5 Å². The predicted molar refractivity (Wildman–Crippen MR) is 61.3 cm³/mol. The summed E-state index contributed by atoms with van der Waals surface area (Å²) in [5.41, 5.74) is 1.59. The van der Waals surface area contributed by atoms with Gasteiger partial charge < -0.3 is 10.4 Å². The minimum absolute atomic E-state index is 0.0326. The smallest absolute Gasteiger partial charge is 0.159 e. The van der Waals surface area contributed by atoms with E-state index in [2.05, 4.69) is 5.32 Å². The normalized spacial score (nSPS) is 11.6. The lowest BCUT2D eigenvalue weighted by Crippen LogP contribution is -2.20. The van der Waals surface area contributed by atoms with E-state index in [-0.39, 0.29) is 18.4 Å². The van der Waals surface area contributed by atoms with Gasteiger partial charge in [-0.15, -0.1) is 0 Å². The molecule has 2 N–H and O–H groups in total. The van der Waals surface area contributed by atoms with Crippen LogP contribution in [-0.4, -0.2) is 23.5 Å². The Morgan fingerprint density at radius 3 is 2.81 bits per heavy atom. The second kappa shape index (κ2) is 5.29. The van der Waals surface area contributed by atoms with Crippen molar-refractivity contribution in [2.24, 2.45) is 0 Å². The van der Waals surface area contributed by atoms with Gasteiger partial charge in [0, 0.05) is 11.6 Å². The highest BCUT2D eigenvalue weighted by Crippen LogP contribution is 2.18. The van der Waals surface area contributed by atoms with Crippen LogP contribution >= 0.6 is 0 Å². The van der Waals surface area contributed by atoms with Gasteiger partial charge in [-0.1, -0.05) is 0 Å². The third-order valence-electron chi connectivity index (χ3n) is 2.22. The van der Waals surface area contributed by atoms with Crippen LogP contribution in [0.15, 0.2) is 18.2 Å². The highest BCUT2D eigenvalue weighted by Gasteiger charge is 2.08. The molecule has 1 aromatic carbocycles. The first kappa shape index (κ1) is 12.2. The van der Waals surface area contributed by atoms with Gasteiger partial charge in [-0.05, 0) is 32.0 Å². The van der Waals surface area contributed by atoms with Gasteiger partial charge in [0.1, 0.15) is 6.07 Å². The number of nitrogens with zero attached hydrogens (tertiary/aromatic N) is 1. The van der Waals surface area contributed by atoms with E-state index >= 15 is 0 Å². The number of carbonyl (C=O) groups excluding carboxylic acids is 1. The molecule has 0 amide bonds. The van der Waals surface area contributed by atoms with E-state index in [9.17, 15) is 4.79 Å². The summed E-state index contributed by atoms with van der Waals surface area (Å²) >= 11 is 0. The Hall–Kier alpha value is -1.86. The molecule has 16 heavy (non-hydrogen) atoms. The molecule has 0 unspecified atom stereocenters. The second-order valence-electron chi connectivity index (χ2n) is 3.66. The first-order valence-corrected chi connectivity index (χ1v) is 5.01. The number of aliphatic hydroxyl groups excluding tert-OH is 1. The average Bonchev–Trinajstić information content (AvgIpc) is 2.28. The molecule has 84 valence electrons. The van der Waals surface area contributed by atoms with Crippen LogP contribution in [0.1, 0.15) is 29.8 Å². The first-order valence-electron chi connectivity index (χ1n) is 5.01. The van der Waals surface area contributed by atoms with Crippen LogP contribution in [0.5, 0.6) is 0 Å². The SMILES string of the molecule is CC(=O)c1ccc(C#N)c(N[C@H](C)CO)c1. The van der Waals surface area contributed by atoms with Crippen LogP contribution in [-0.2, 0) is 0 Å². The summed E-state index contributed by atoms with van der Waals surface area (Å²) in [5.74, 6) is -0.0517. The molecule has 1 atom stereocenters. The van der Waals surface area contributed by atoms with Crippen LogP contribution in [0.4, 0.5) is 5.69 Å². The van der Waals surface area contributed by atoms with E-state index in [4.69, 9.17) is 10.4 Å². The van der Waals surface area contributed by atoms with E-state index in [1.165, 1.54) is 6.92 Å². The minimum atomic E-state index is -0.158. The molecule has 0 aliphatic heterocycles. The Labute approximate surface area is 94.5 Å². The monoisotopic (exact) mass is 218 g/mol. The Morgan fingerprint density at radius 1 is 1.62 bits per heavy atom. The fourth-order valence-electron chi connectivity index (χ4n) is 1.29. The van der Waals surface area contributed by atoms with Gasteiger partial charge in [-0.2, -0.15) is 5.26 Å². The van der Waals surface area contributed by atoms with Crippen molar-refractivity contribution in [1.29, 1.82) is 5.26 Å². The quantitative estimate of drug-likeness (QED) is 0.752. The van der Waals surface area contributed by atoms with Crippen LogP contribution in [0.2, 0.25) is 0 Å². The molecular weight excluding hydrogens is 204 g/mol. The van der Waals surface area contributed by atoms with Gasteiger partial charge in [0.25, 0.3) is 0 Å². The molecule has 0 bridgehead atoms. The van der Waals surface area contributed by atoms with Gasteiger partial charge in [-0.25, -0.2) is 0 Å². The van der Waals surface area contributed by atoms with Gasteiger partial charge in [0.2, 0.25) is 0 Å². The molecule has 0 radical (unpaired) electrons. The largest absolute Gasteiger partial charge is 0.394 e. The lowest BCUT2D eigenvalue weighted by Gasteiger charge is -2.14. The first-order chi connectivity index (χ1) is 7.58. The summed E-state index contributed by atoms with van der Waals surface area (Å²) in [4.78, 5) is 11.2. The van der Waals surface area contributed by atoms with Crippen LogP contribution in [0.25, 0.3) is 0 Å². The Morgan fingerprint density at radius 2 is 2.31 bits per heavy atom. The zero-order valence-electron chi connectivity index (χ0n) is 9.32. The van der Waals surface area contributed by atoms with Crippen LogP contribution < -0.4 is 5.32 Å². The minimum Gasteiger partial charge on any atom is -0.394 e. The number of anilines is 1. The fraction of sp³-hybridized carbons (Fsp3) is 0.333. The molecular formula is C12H14N2O2. The number of nitriles is 1. The van der Waals surface area contributed by atoms with Crippen molar-refractivity contribution in [2.75, 3.05) is 11.9 Å². The molecule has 0 saturated heterocycles. The third kappa shape index (κ3) is 2.81. The standard InChI is InChI=1S/C12H14N2O2/c1-8(7-15)14-12-5-10(9(2)16)3-4-11(12)6-13/h3-5,8,14-15H,7H2,1-2H3/t8-/m1/s1. The lowest BCUT2D eigenvalue weighted by atomic mass is 10.1. The Kier molecular flexibility index (Phi) is 4.03. The van der Waals surface area contributed by atoms with E-state index in [1.54, 1.807) is 25.1 Å². The molecule has 0 fully saturated rings. The zero-order chi connectivity index (χ0) is 12.1. The molecule has 0 saturated carbocycles. The van der Waals surface area contributed by atoms with Crippen LogP contribution in [0.3, 0.4) is 0 Å². The van der Waals surface area contributed by atoms with E-state index in [1.807, 2.05) is 6.07 Å². The predicted octanol–water partition coefficient (Wildman–Crippen LogP) is 1.55. The number of Topliss-reactive ketones (excluding diaryl/α,β-unsaturated/α-hetero) is 1. The summed E-state index contributed by atoms with van der Waals surface area (Å²) in [6.45, 7) is 3.23. The molecule has 1 aromatic rings. The fourth-order valence-corrected chi connectivity index (χ4v) is 1.29. The topological polar surface area (TPSA) is 73.1 Å². The molecule has 0 aliphatic rings. The molecule has 0 aromatic heterocycles. The molecule has 0 spiro atoms. The molecule has 4 heteroatoms. The second-order valence-corrected chi connectivity index (χ2v) is 3.66. The maximum absolute atomic E-state index is 11.2. The third-order valence-corrected chi connectivity index (χ3v) is 2.22. The van der Waals surface area contributed by atoms with Crippen molar-refractivity contribution in [2.45, 2.75) is 19.9 Å². The Bertz CT molecular complexity index is 435. The highest BCUT2D eigenvalue weighted by molar-refractivity contribution is 5.95. The lowest BCUT2D eigenvalue weighted by molar-refractivity contribution is 0.101. The van der Waals surface area contributed by atoms with Crippen molar-refractivity contribution in [1.82, 2.24) is 0 Å². The van der Waals surface area contributed by atoms with E-state index in [0.717, 1.165) is 0 Å². The molecule has 0 heterocycles. The van der Waals surface area contributed by atoms with Gasteiger partial charge >= 0.3 is 0 Å². The van der Waals surface area contributed by atoms with Crippen molar-refractivity contribution in [3.8, 4) is 6.07 Å². The summed E-state index contributed by atoms with van der Waals surface area (Å²) in [5, 5.41) is 20.8. The van der Waals surface area contributed by atoms with Gasteiger partial charge in [0.15, 0.2) is 5.78 Å². The van der Waals surface area contributed by atoms with E-state index in [0.29, 0.717) is 16.8 Å². The average molecular weight is 218 g/mol. The summed E-state index contributed by atoms with van der Waals surface area (Å²) in [7, 11) is 0.